The number of hydrogen-bond donors (Lipinski definition) is 1. The van der Waals surface area contributed by atoms with E-state index in [1.165, 1.54) is 25.3 Å². The summed E-state index contributed by atoms with van der Waals surface area (Å²) in [4.78, 5) is 17.5. The smallest absolute Gasteiger partial charge is 0.328 e. The molecule has 1 unspecified atom stereocenters. The number of aromatic nitrogens is 1. The molecular formula is C17H24N2O2. The zero-order valence-corrected chi connectivity index (χ0v) is 12.8. The number of hydrogen-bond acceptors (Lipinski definition) is 3. The number of rotatable bonds is 4. The summed E-state index contributed by atoms with van der Waals surface area (Å²) in [6, 6.07) is 3.77. The fraction of sp³-hybridized carbons (Fsp3) is 0.529. The molecule has 0 aromatic carbocycles. The fourth-order valence-corrected chi connectivity index (χ4v) is 2.97. The van der Waals surface area contributed by atoms with Gasteiger partial charge in [0.15, 0.2) is 0 Å². The lowest BCUT2D eigenvalue weighted by molar-refractivity contribution is -0.131. The molecule has 1 aliphatic rings. The second-order valence-electron chi connectivity index (χ2n) is 6.01. The number of carbonyl (C=O) groups is 1. The van der Waals surface area contributed by atoms with Crippen LogP contribution in [-0.4, -0.2) is 29.1 Å². The van der Waals surface area contributed by atoms with Crippen molar-refractivity contribution in [3.05, 3.63) is 30.0 Å². The van der Waals surface area contributed by atoms with Crippen molar-refractivity contribution < 1.29 is 9.90 Å². The van der Waals surface area contributed by atoms with E-state index in [0.29, 0.717) is 0 Å². The van der Waals surface area contributed by atoms with Crippen LogP contribution in [0.2, 0.25) is 0 Å². The number of carboxylic acid groups (broad SMARTS) is 1. The number of carboxylic acids is 1. The Morgan fingerprint density at radius 2 is 2.24 bits per heavy atom. The van der Waals surface area contributed by atoms with Crippen molar-refractivity contribution in [3.63, 3.8) is 0 Å². The molecule has 4 nitrogen and oxygen atoms in total. The van der Waals surface area contributed by atoms with Gasteiger partial charge in [-0.1, -0.05) is 13.8 Å². The van der Waals surface area contributed by atoms with Crippen molar-refractivity contribution in [3.8, 4) is 0 Å². The molecule has 1 aromatic rings. The maximum atomic E-state index is 10.7. The van der Waals surface area contributed by atoms with Gasteiger partial charge in [-0.15, -0.1) is 0 Å². The van der Waals surface area contributed by atoms with E-state index in [4.69, 9.17) is 5.11 Å². The maximum Gasteiger partial charge on any atom is 0.328 e. The standard InChI is InChI=1S/C17H24N2O2/c1-13(2)14-6-4-11-19(12-9-14)17-15(5-3-10-18-17)7-8-16(20)21/h3,5,7-8,10,13-14H,4,6,9,11-12H2,1-2H3,(H,20,21)/b8-7+. The Kier molecular flexibility index (Phi) is 5.37. The first-order chi connectivity index (χ1) is 10.1. The third-order valence-electron chi connectivity index (χ3n) is 4.24. The topological polar surface area (TPSA) is 53.4 Å². The first-order valence-electron chi connectivity index (χ1n) is 7.69. The van der Waals surface area contributed by atoms with Gasteiger partial charge in [0.2, 0.25) is 0 Å². The van der Waals surface area contributed by atoms with E-state index >= 15 is 0 Å². The summed E-state index contributed by atoms with van der Waals surface area (Å²) in [7, 11) is 0. The van der Waals surface area contributed by atoms with Gasteiger partial charge >= 0.3 is 5.97 Å². The van der Waals surface area contributed by atoms with Gasteiger partial charge in [-0.3, -0.25) is 0 Å². The molecule has 4 heteroatoms. The average molecular weight is 288 g/mol. The molecule has 1 atom stereocenters. The van der Waals surface area contributed by atoms with Gasteiger partial charge in [0.1, 0.15) is 5.82 Å². The summed E-state index contributed by atoms with van der Waals surface area (Å²) in [5.74, 6) is 1.47. The van der Waals surface area contributed by atoms with Gasteiger partial charge in [0.25, 0.3) is 0 Å². The molecule has 1 aromatic heterocycles. The van der Waals surface area contributed by atoms with Crippen molar-refractivity contribution in [2.24, 2.45) is 11.8 Å². The molecule has 0 aliphatic carbocycles. The van der Waals surface area contributed by atoms with Gasteiger partial charge in [-0.2, -0.15) is 0 Å². The van der Waals surface area contributed by atoms with E-state index in [1.54, 1.807) is 12.3 Å². The van der Waals surface area contributed by atoms with Crippen LogP contribution in [0, 0.1) is 11.8 Å². The Labute approximate surface area is 126 Å². The van der Waals surface area contributed by atoms with Gasteiger partial charge in [0.05, 0.1) is 0 Å². The average Bonchev–Trinajstić information content (AvgIpc) is 2.71. The molecule has 1 saturated heterocycles. The Morgan fingerprint density at radius 3 is 2.95 bits per heavy atom. The number of aliphatic carboxylic acids is 1. The summed E-state index contributed by atoms with van der Waals surface area (Å²) in [5, 5.41) is 8.80. The summed E-state index contributed by atoms with van der Waals surface area (Å²) >= 11 is 0. The van der Waals surface area contributed by atoms with Crippen molar-refractivity contribution >= 4 is 17.9 Å². The largest absolute Gasteiger partial charge is 0.478 e. The molecule has 21 heavy (non-hydrogen) atoms. The van der Waals surface area contributed by atoms with E-state index in [-0.39, 0.29) is 0 Å². The minimum absolute atomic E-state index is 0.722. The van der Waals surface area contributed by atoms with Crippen LogP contribution in [0.4, 0.5) is 5.82 Å². The SMILES string of the molecule is CC(C)C1CCCN(c2ncccc2/C=C/C(=O)O)CC1. The molecule has 0 radical (unpaired) electrons. The van der Waals surface area contributed by atoms with Crippen LogP contribution in [0.1, 0.15) is 38.7 Å². The van der Waals surface area contributed by atoms with Gasteiger partial charge in [-0.25, -0.2) is 9.78 Å². The molecule has 1 fully saturated rings. The minimum atomic E-state index is -0.930. The highest BCUT2D eigenvalue weighted by molar-refractivity contribution is 5.86. The minimum Gasteiger partial charge on any atom is -0.478 e. The predicted octanol–water partition coefficient (Wildman–Crippen LogP) is 3.44. The van der Waals surface area contributed by atoms with Crippen LogP contribution in [0.3, 0.4) is 0 Å². The molecule has 0 bridgehead atoms. The maximum absolute atomic E-state index is 10.7. The fourth-order valence-electron chi connectivity index (χ4n) is 2.97. The van der Waals surface area contributed by atoms with E-state index < -0.39 is 5.97 Å². The zero-order chi connectivity index (χ0) is 15.2. The Hall–Kier alpha value is -1.84. The highest BCUT2D eigenvalue weighted by Crippen LogP contribution is 2.28. The monoisotopic (exact) mass is 288 g/mol. The van der Waals surface area contributed by atoms with Crippen LogP contribution >= 0.6 is 0 Å². The van der Waals surface area contributed by atoms with Crippen LogP contribution in [0.25, 0.3) is 6.08 Å². The van der Waals surface area contributed by atoms with E-state index in [2.05, 4.69) is 23.7 Å². The normalized spacial score (nSPS) is 20.0. The Balaban J connectivity index is 2.16. The first-order valence-corrected chi connectivity index (χ1v) is 7.69. The Bertz CT molecular complexity index is 511. The summed E-state index contributed by atoms with van der Waals surface area (Å²) in [5.41, 5.74) is 0.878. The molecule has 0 saturated carbocycles. The molecule has 2 rings (SSSR count). The summed E-state index contributed by atoms with van der Waals surface area (Å²) in [6.07, 6.45) is 8.20. The van der Waals surface area contributed by atoms with Crippen molar-refractivity contribution in [1.29, 1.82) is 0 Å². The number of pyridine rings is 1. The van der Waals surface area contributed by atoms with Crippen LogP contribution in [0.15, 0.2) is 24.4 Å². The number of anilines is 1. The number of nitrogens with zero attached hydrogens (tertiary/aromatic N) is 2. The van der Waals surface area contributed by atoms with E-state index in [9.17, 15) is 4.79 Å². The third kappa shape index (κ3) is 4.31. The first kappa shape index (κ1) is 15.5. The second-order valence-corrected chi connectivity index (χ2v) is 6.01. The van der Waals surface area contributed by atoms with Crippen molar-refractivity contribution in [1.82, 2.24) is 4.98 Å². The molecule has 114 valence electrons. The van der Waals surface area contributed by atoms with E-state index in [1.807, 2.05) is 12.1 Å². The Morgan fingerprint density at radius 1 is 1.43 bits per heavy atom. The lowest BCUT2D eigenvalue weighted by Gasteiger charge is -2.24. The molecule has 2 heterocycles. The molecule has 1 aliphatic heterocycles. The van der Waals surface area contributed by atoms with Gasteiger partial charge in [-0.05, 0) is 49.3 Å². The van der Waals surface area contributed by atoms with Crippen LogP contribution in [0.5, 0.6) is 0 Å². The molecular weight excluding hydrogens is 264 g/mol. The highest BCUT2D eigenvalue weighted by atomic mass is 16.4. The van der Waals surface area contributed by atoms with Crippen molar-refractivity contribution in [2.45, 2.75) is 33.1 Å². The van der Waals surface area contributed by atoms with E-state index in [0.717, 1.165) is 36.3 Å². The van der Waals surface area contributed by atoms with Gasteiger partial charge in [0, 0.05) is 30.9 Å². The summed E-state index contributed by atoms with van der Waals surface area (Å²) < 4.78 is 0. The van der Waals surface area contributed by atoms with Crippen LogP contribution in [-0.2, 0) is 4.79 Å². The molecule has 0 amide bonds. The second kappa shape index (κ2) is 7.25. The predicted molar refractivity (Wildman–Crippen MR) is 85.3 cm³/mol. The lowest BCUT2D eigenvalue weighted by Crippen LogP contribution is -2.26. The quantitative estimate of drug-likeness (QED) is 0.862. The summed E-state index contributed by atoms with van der Waals surface area (Å²) in [6.45, 7) is 6.58. The zero-order valence-electron chi connectivity index (χ0n) is 12.8. The van der Waals surface area contributed by atoms with Crippen LogP contribution < -0.4 is 4.90 Å². The molecule has 0 spiro atoms. The third-order valence-corrected chi connectivity index (χ3v) is 4.24. The van der Waals surface area contributed by atoms with Gasteiger partial charge < -0.3 is 10.0 Å². The lowest BCUT2D eigenvalue weighted by atomic mass is 9.89. The highest BCUT2D eigenvalue weighted by Gasteiger charge is 2.21. The van der Waals surface area contributed by atoms with Crippen molar-refractivity contribution in [2.75, 3.05) is 18.0 Å². The molecule has 1 N–H and O–H groups in total.